The van der Waals surface area contributed by atoms with Crippen molar-refractivity contribution in [2.75, 3.05) is 11.9 Å². The number of rotatable bonds is 4. The number of H-pyrrole nitrogens is 1. The lowest BCUT2D eigenvalue weighted by atomic mass is 10.2. The van der Waals surface area contributed by atoms with Crippen LogP contribution in [0.15, 0.2) is 23.1 Å². The van der Waals surface area contributed by atoms with Crippen molar-refractivity contribution < 1.29 is 13.2 Å². The minimum Gasteiger partial charge on any atom is -0.315 e. The molecule has 0 saturated heterocycles. The van der Waals surface area contributed by atoms with E-state index < -0.39 is 10.0 Å². The number of nitrogens with zero attached hydrogens (tertiary/aromatic N) is 4. The second-order valence-electron chi connectivity index (χ2n) is 4.57. The molecule has 1 aliphatic rings. The first kappa shape index (κ1) is 13.6. The molecule has 1 amide bonds. The van der Waals surface area contributed by atoms with Gasteiger partial charge in [-0.2, -0.15) is 5.21 Å². The summed E-state index contributed by atoms with van der Waals surface area (Å²) in [6.45, 7) is -0.0608. The van der Waals surface area contributed by atoms with Gasteiger partial charge < -0.3 is 4.90 Å². The van der Waals surface area contributed by atoms with Crippen molar-refractivity contribution in [3.63, 3.8) is 0 Å². The van der Waals surface area contributed by atoms with Crippen LogP contribution in [0.4, 0.5) is 5.69 Å². The SMILES string of the molecule is CN1C(=O)Cc2cc(S(=O)(=O)NCc3nn[nH]n3)ccc21. The van der Waals surface area contributed by atoms with E-state index in [0.717, 1.165) is 5.69 Å². The summed E-state index contributed by atoms with van der Waals surface area (Å²) < 4.78 is 26.8. The number of hydrogen-bond donors (Lipinski definition) is 2. The van der Waals surface area contributed by atoms with Crippen molar-refractivity contribution in [2.24, 2.45) is 0 Å². The molecule has 1 aromatic carbocycles. The van der Waals surface area contributed by atoms with Crippen LogP contribution in [0.3, 0.4) is 0 Å². The summed E-state index contributed by atoms with van der Waals surface area (Å²) in [5, 5.41) is 12.9. The Labute approximate surface area is 120 Å². The first-order valence-electron chi connectivity index (χ1n) is 6.09. The molecule has 0 atom stereocenters. The second-order valence-corrected chi connectivity index (χ2v) is 6.34. The van der Waals surface area contributed by atoms with Gasteiger partial charge in [0.1, 0.15) is 0 Å². The van der Waals surface area contributed by atoms with Crippen LogP contribution >= 0.6 is 0 Å². The molecule has 21 heavy (non-hydrogen) atoms. The maximum absolute atomic E-state index is 12.2. The van der Waals surface area contributed by atoms with Gasteiger partial charge in [-0.25, -0.2) is 13.1 Å². The van der Waals surface area contributed by atoms with E-state index >= 15 is 0 Å². The van der Waals surface area contributed by atoms with E-state index in [1.54, 1.807) is 13.1 Å². The summed E-state index contributed by atoms with van der Waals surface area (Å²) in [5.41, 5.74) is 1.43. The molecule has 0 saturated carbocycles. The first-order valence-corrected chi connectivity index (χ1v) is 7.57. The minimum absolute atomic E-state index is 0.0562. The lowest BCUT2D eigenvalue weighted by Crippen LogP contribution is -2.24. The number of benzene rings is 1. The summed E-state index contributed by atoms with van der Waals surface area (Å²) >= 11 is 0. The summed E-state index contributed by atoms with van der Waals surface area (Å²) in [6, 6.07) is 4.60. The number of likely N-dealkylation sites (N-methyl/N-ethyl adjacent to an activating group) is 1. The van der Waals surface area contributed by atoms with E-state index in [1.165, 1.54) is 17.0 Å². The van der Waals surface area contributed by atoms with Crippen LogP contribution < -0.4 is 9.62 Å². The Hall–Kier alpha value is -2.33. The number of carbonyl (C=O) groups excluding carboxylic acids is 1. The first-order chi connectivity index (χ1) is 9.97. The van der Waals surface area contributed by atoms with Crippen molar-refractivity contribution in [3.8, 4) is 0 Å². The van der Waals surface area contributed by atoms with Crippen molar-refractivity contribution in [1.29, 1.82) is 0 Å². The molecular weight excluding hydrogens is 296 g/mol. The van der Waals surface area contributed by atoms with Crippen LogP contribution in [0.1, 0.15) is 11.4 Å². The largest absolute Gasteiger partial charge is 0.315 e. The van der Waals surface area contributed by atoms with E-state index in [4.69, 9.17) is 0 Å². The molecule has 1 aromatic heterocycles. The predicted octanol–water partition coefficient (Wildman–Crippen LogP) is -0.803. The number of hydrogen-bond acceptors (Lipinski definition) is 6. The fraction of sp³-hybridized carbons (Fsp3) is 0.273. The molecule has 0 spiro atoms. The molecule has 0 radical (unpaired) electrons. The van der Waals surface area contributed by atoms with Gasteiger partial charge in [0, 0.05) is 12.7 Å². The monoisotopic (exact) mass is 308 g/mol. The number of aromatic nitrogens is 4. The molecule has 2 heterocycles. The zero-order valence-corrected chi connectivity index (χ0v) is 11.9. The number of tetrazole rings is 1. The van der Waals surface area contributed by atoms with Crippen LogP contribution in [0.25, 0.3) is 0 Å². The minimum atomic E-state index is -3.69. The van der Waals surface area contributed by atoms with Crippen molar-refractivity contribution in [3.05, 3.63) is 29.6 Å². The van der Waals surface area contributed by atoms with Crippen LogP contribution in [0.2, 0.25) is 0 Å². The predicted molar refractivity (Wildman–Crippen MR) is 71.8 cm³/mol. The van der Waals surface area contributed by atoms with E-state index in [9.17, 15) is 13.2 Å². The normalized spacial score (nSPS) is 14.5. The Balaban J connectivity index is 1.83. The maximum atomic E-state index is 12.2. The molecule has 2 N–H and O–H groups in total. The van der Waals surface area contributed by atoms with Crippen LogP contribution in [-0.4, -0.2) is 42.0 Å². The van der Waals surface area contributed by atoms with Gasteiger partial charge in [-0.3, -0.25) is 4.79 Å². The summed E-state index contributed by atoms with van der Waals surface area (Å²) in [7, 11) is -2.03. The van der Waals surface area contributed by atoms with Gasteiger partial charge in [-0.1, -0.05) is 5.21 Å². The molecule has 9 nitrogen and oxygen atoms in total. The third-order valence-electron chi connectivity index (χ3n) is 3.25. The molecule has 110 valence electrons. The Morgan fingerprint density at radius 3 is 2.95 bits per heavy atom. The highest BCUT2D eigenvalue weighted by Gasteiger charge is 2.26. The molecule has 0 bridgehead atoms. The van der Waals surface area contributed by atoms with Crippen molar-refractivity contribution >= 4 is 21.6 Å². The Morgan fingerprint density at radius 2 is 2.24 bits per heavy atom. The van der Waals surface area contributed by atoms with Crippen molar-refractivity contribution in [2.45, 2.75) is 17.9 Å². The van der Waals surface area contributed by atoms with E-state index in [0.29, 0.717) is 5.56 Å². The fourth-order valence-corrected chi connectivity index (χ4v) is 3.14. The Bertz CT molecular complexity index is 786. The molecular formula is C11H12N6O3S. The van der Waals surface area contributed by atoms with E-state index in [2.05, 4.69) is 25.3 Å². The molecule has 10 heteroatoms. The topological polar surface area (TPSA) is 121 Å². The summed E-state index contributed by atoms with van der Waals surface area (Å²) in [6.07, 6.45) is 0.208. The lowest BCUT2D eigenvalue weighted by Gasteiger charge is -2.11. The highest BCUT2D eigenvalue weighted by atomic mass is 32.2. The maximum Gasteiger partial charge on any atom is 0.240 e. The van der Waals surface area contributed by atoms with E-state index in [1.807, 2.05) is 0 Å². The number of nitrogens with one attached hydrogen (secondary N) is 2. The number of anilines is 1. The van der Waals surface area contributed by atoms with Gasteiger partial charge in [0.25, 0.3) is 0 Å². The zero-order valence-electron chi connectivity index (χ0n) is 11.1. The lowest BCUT2D eigenvalue weighted by molar-refractivity contribution is -0.117. The Kier molecular flexibility index (Phi) is 3.18. The summed E-state index contributed by atoms with van der Waals surface area (Å²) in [4.78, 5) is 13.2. The van der Waals surface area contributed by atoms with Gasteiger partial charge in [0.2, 0.25) is 15.9 Å². The number of carbonyl (C=O) groups is 1. The molecule has 0 aliphatic carbocycles. The average molecular weight is 308 g/mol. The van der Waals surface area contributed by atoms with Gasteiger partial charge in [-0.05, 0) is 23.8 Å². The molecule has 0 fully saturated rings. The highest BCUT2D eigenvalue weighted by molar-refractivity contribution is 7.89. The van der Waals surface area contributed by atoms with Crippen LogP contribution in [-0.2, 0) is 27.8 Å². The highest BCUT2D eigenvalue weighted by Crippen LogP contribution is 2.29. The number of sulfonamides is 1. The number of fused-ring (bicyclic) bond motifs is 1. The number of amides is 1. The number of aromatic amines is 1. The quantitative estimate of drug-likeness (QED) is 0.762. The van der Waals surface area contributed by atoms with Crippen LogP contribution in [0.5, 0.6) is 0 Å². The van der Waals surface area contributed by atoms with Gasteiger partial charge in [0.05, 0.1) is 17.9 Å². The molecule has 0 unspecified atom stereocenters. The molecule has 3 rings (SSSR count). The summed E-state index contributed by atoms with van der Waals surface area (Å²) in [5.74, 6) is 0.189. The zero-order chi connectivity index (χ0) is 15.0. The van der Waals surface area contributed by atoms with E-state index in [-0.39, 0.29) is 29.6 Å². The molecule has 1 aliphatic heterocycles. The third kappa shape index (κ3) is 2.50. The standard InChI is InChI=1S/C11H12N6O3S/c1-17-9-3-2-8(4-7(9)5-11(17)18)21(19,20)12-6-10-13-15-16-14-10/h2-4,12H,5-6H2,1H3,(H,13,14,15,16). The van der Waals surface area contributed by atoms with Gasteiger partial charge in [0.15, 0.2) is 5.82 Å². The Morgan fingerprint density at radius 1 is 1.43 bits per heavy atom. The fourth-order valence-electron chi connectivity index (χ4n) is 2.11. The van der Waals surface area contributed by atoms with Gasteiger partial charge >= 0.3 is 0 Å². The molecule has 2 aromatic rings. The van der Waals surface area contributed by atoms with Gasteiger partial charge in [-0.15, -0.1) is 10.2 Å². The van der Waals surface area contributed by atoms with Crippen molar-refractivity contribution in [1.82, 2.24) is 25.3 Å². The average Bonchev–Trinajstić information content (AvgIpc) is 3.06. The smallest absolute Gasteiger partial charge is 0.240 e. The second kappa shape index (κ2) is 4.90. The van der Waals surface area contributed by atoms with Crippen LogP contribution in [0, 0.1) is 0 Å². The third-order valence-corrected chi connectivity index (χ3v) is 4.65.